The van der Waals surface area contributed by atoms with Crippen LogP contribution in [0.1, 0.15) is 10.4 Å². The highest BCUT2D eigenvalue weighted by Gasteiger charge is 2.40. The third-order valence-electron chi connectivity index (χ3n) is 1.72. The molecule has 0 aliphatic heterocycles. The van der Waals surface area contributed by atoms with E-state index in [1.165, 1.54) is 12.1 Å². The standard InChI is InChI=1S/C9H7F3O2S/c1-15-6-4-2-3-5(7(6)13)8(14)9(10,11)12/h2-4,13H,1H3. The average molecular weight is 236 g/mol. The Morgan fingerprint density at radius 3 is 2.47 bits per heavy atom. The molecule has 2 nitrogen and oxygen atoms in total. The molecular formula is C9H7F3O2S. The van der Waals surface area contributed by atoms with Gasteiger partial charge in [0.2, 0.25) is 0 Å². The normalized spacial score (nSPS) is 11.5. The number of hydrogen-bond donors (Lipinski definition) is 1. The molecule has 0 fully saturated rings. The third-order valence-corrected chi connectivity index (χ3v) is 2.49. The number of halogens is 3. The Labute approximate surface area is 88.1 Å². The number of ketones is 1. The maximum atomic E-state index is 12.1. The molecule has 0 amide bonds. The van der Waals surface area contributed by atoms with E-state index in [2.05, 4.69) is 0 Å². The number of alkyl halides is 3. The second-order valence-electron chi connectivity index (χ2n) is 2.68. The molecule has 82 valence electrons. The van der Waals surface area contributed by atoms with Crippen molar-refractivity contribution in [2.75, 3.05) is 6.26 Å². The number of carbonyl (C=O) groups excluding carboxylic acids is 1. The van der Waals surface area contributed by atoms with Crippen LogP contribution in [0.3, 0.4) is 0 Å². The lowest BCUT2D eigenvalue weighted by Crippen LogP contribution is -2.22. The molecule has 0 aliphatic rings. The highest BCUT2D eigenvalue weighted by Crippen LogP contribution is 2.33. The van der Waals surface area contributed by atoms with Crippen LogP contribution in [0.2, 0.25) is 0 Å². The monoisotopic (exact) mass is 236 g/mol. The molecule has 1 rings (SSSR count). The number of Topliss-reactive ketones (excluding diaryl/α,β-unsaturated/α-hetero) is 1. The fraction of sp³-hybridized carbons (Fsp3) is 0.222. The number of phenolic OH excluding ortho intramolecular Hbond substituents is 1. The van der Waals surface area contributed by atoms with Crippen molar-refractivity contribution in [3.8, 4) is 5.75 Å². The van der Waals surface area contributed by atoms with Gasteiger partial charge in [-0.1, -0.05) is 6.07 Å². The van der Waals surface area contributed by atoms with Crippen LogP contribution in [-0.4, -0.2) is 23.3 Å². The summed E-state index contributed by atoms with van der Waals surface area (Å²) in [7, 11) is 0. The zero-order valence-electron chi connectivity index (χ0n) is 7.63. The van der Waals surface area contributed by atoms with E-state index in [4.69, 9.17) is 0 Å². The van der Waals surface area contributed by atoms with Gasteiger partial charge in [-0.25, -0.2) is 0 Å². The molecule has 1 aromatic rings. The van der Waals surface area contributed by atoms with Crippen LogP contribution in [0.25, 0.3) is 0 Å². The van der Waals surface area contributed by atoms with E-state index >= 15 is 0 Å². The highest BCUT2D eigenvalue weighted by molar-refractivity contribution is 7.98. The number of rotatable bonds is 2. The first-order valence-corrected chi connectivity index (χ1v) is 5.08. The lowest BCUT2D eigenvalue weighted by molar-refractivity contribution is -0.0886. The molecule has 0 radical (unpaired) electrons. The molecular weight excluding hydrogens is 229 g/mol. The van der Waals surface area contributed by atoms with Gasteiger partial charge in [0, 0.05) is 4.90 Å². The van der Waals surface area contributed by atoms with Crippen molar-refractivity contribution in [2.24, 2.45) is 0 Å². The van der Waals surface area contributed by atoms with Crippen LogP contribution in [0.5, 0.6) is 5.75 Å². The van der Waals surface area contributed by atoms with Gasteiger partial charge in [0.05, 0.1) is 5.56 Å². The number of benzene rings is 1. The first-order valence-electron chi connectivity index (χ1n) is 3.85. The molecule has 0 heterocycles. The quantitative estimate of drug-likeness (QED) is 0.633. The predicted molar refractivity (Wildman–Crippen MR) is 50.3 cm³/mol. The Bertz CT molecular complexity index is 387. The molecule has 0 bridgehead atoms. The molecule has 0 unspecified atom stereocenters. The summed E-state index contributed by atoms with van der Waals surface area (Å²) >= 11 is 1.07. The van der Waals surface area contributed by atoms with Crippen molar-refractivity contribution >= 4 is 17.5 Å². The van der Waals surface area contributed by atoms with Crippen molar-refractivity contribution < 1.29 is 23.1 Å². The number of thioether (sulfide) groups is 1. The molecule has 0 saturated carbocycles. The molecule has 1 aromatic carbocycles. The first-order chi connectivity index (χ1) is 6.88. The van der Waals surface area contributed by atoms with Gasteiger partial charge in [-0.2, -0.15) is 13.2 Å². The molecule has 1 N–H and O–H groups in total. The Balaban J connectivity index is 3.22. The number of carbonyl (C=O) groups is 1. The maximum absolute atomic E-state index is 12.1. The summed E-state index contributed by atoms with van der Waals surface area (Å²) < 4.78 is 36.2. The molecule has 0 atom stereocenters. The summed E-state index contributed by atoms with van der Waals surface area (Å²) in [4.78, 5) is 11.1. The van der Waals surface area contributed by atoms with Gasteiger partial charge < -0.3 is 5.11 Å². The minimum absolute atomic E-state index is 0.241. The van der Waals surface area contributed by atoms with Crippen LogP contribution < -0.4 is 0 Å². The van der Waals surface area contributed by atoms with Crippen LogP contribution in [-0.2, 0) is 0 Å². The first kappa shape index (κ1) is 11.9. The Hall–Kier alpha value is -1.17. The summed E-state index contributed by atoms with van der Waals surface area (Å²) in [5.41, 5.74) is -0.714. The van der Waals surface area contributed by atoms with Crippen LogP contribution >= 0.6 is 11.8 Å². The van der Waals surface area contributed by atoms with Crippen molar-refractivity contribution in [3.05, 3.63) is 23.8 Å². The van der Waals surface area contributed by atoms with Gasteiger partial charge in [0.15, 0.2) is 0 Å². The predicted octanol–water partition coefficient (Wildman–Crippen LogP) is 2.86. The van der Waals surface area contributed by atoms with Crippen molar-refractivity contribution in [3.63, 3.8) is 0 Å². The van der Waals surface area contributed by atoms with E-state index in [9.17, 15) is 23.1 Å². The minimum atomic E-state index is -4.96. The summed E-state index contributed by atoms with van der Waals surface area (Å²) in [6, 6.07) is 3.68. The van der Waals surface area contributed by atoms with Crippen LogP contribution in [0, 0.1) is 0 Å². The zero-order chi connectivity index (χ0) is 11.6. The Kier molecular flexibility index (Phi) is 3.28. The zero-order valence-corrected chi connectivity index (χ0v) is 8.45. The van der Waals surface area contributed by atoms with E-state index in [1.807, 2.05) is 0 Å². The Morgan fingerprint density at radius 1 is 1.40 bits per heavy atom. The maximum Gasteiger partial charge on any atom is 0.455 e. The van der Waals surface area contributed by atoms with Gasteiger partial charge >= 0.3 is 6.18 Å². The lowest BCUT2D eigenvalue weighted by atomic mass is 10.1. The minimum Gasteiger partial charge on any atom is -0.506 e. The second kappa shape index (κ2) is 4.14. The number of hydrogen-bond acceptors (Lipinski definition) is 3. The summed E-state index contributed by atoms with van der Waals surface area (Å²) in [5, 5.41) is 9.38. The van der Waals surface area contributed by atoms with Gasteiger partial charge in [-0.3, -0.25) is 4.79 Å². The van der Waals surface area contributed by atoms with Gasteiger partial charge in [0.1, 0.15) is 5.75 Å². The molecule has 0 aliphatic carbocycles. The van der Waals surface area contributed by atoms with Crippen LogP contribution in [0.4, 0.5) is 13.2 Å². The fourth-order valence-electron chi connectivity index (χ4n) is 1.02. The SMILES string of the molecule is CSc1cccc(C(=O)C(F)(F)F)c1O. The van der Waals surface area contributed by atoms with E-state index in [0.717, 1.165) is 17.8 Å². The largest absolute Gasteiger partial charge is 0.506 e. The highest BCUT2D eigenvalue weighted by atomic mass is 32.2. The molecule has 0 aromatic heterocycles. The molecule has 0 spiro atoms. The van der Waals surface area contributed by atoms with E-state index < -0.39 is 23.3 Å². The lowest BCUT2D eigenvalue weighted by Gasteiger charge is -2.08. The molecule has 15 heavy (non-hydrogen) atoms. The van der Waals surface area contributed by atoms with E-state index in [-0.39, 0.29) is 4.90 Å². The van der Waals surface area contributed by atoms with Crippen molar-refractivity contribution in [1.82, 2.24) is 0 Å². The van der Waals surface area contributed by atoms with Gasteiger partial charge in [-0.05, 0) is 18.4 Å². The topological polar surface area (TPSA) is 37.3 Å². The average Bonchev–Trinajstić information content (AvgIpc) is 2.16. The third kappa shape index (κ3) is 2.44. The summed E-state index contributed by atoms with van der Waals surface area (Å²) in [6.45, 7) is 0. The number of phenols is 1. The smallest absolute Gasteiger partial charge is 0.455 e. The van der Waals surface area contributed by atoms with E-state index in [0.29, 0.717) is 0 Å². The molecule has 6 heteroatoms. The van der Waals surface area contributed by atoms with Crippen molar-refractivity contribution in [2.45, 2.75) is 11.1 Å². The Morgan fingerprint density at radius 2 is 2.00 bits per heavy atom. The summed E-state index contributed by atoms with van der Waals surface area (Å²) in [6.07, 6.45) is -3.37. The second-order valence-corrected chi connectivity index (χ2v) is 3.53. The van der Waals surface area contributed by atoms with Gasteiger partial charge in [0.25, 0.3) is 5.78 Å². The number of para-hydroxylation sites is 1. The van der Waals surface area contributed by atoms with Crippen molar-refractivity contribution in [1.29, 1.82) is 0 Å². The molecule has 0 saturated heterocycles. The van der Waals surface area contributed by atoms with Crippen LogP contribution in [0.15, 0.2) is 23.1 Å². The summed E-state index contributed by atoms with van der Waals surface area (Å²) in [5.74, 6) is -2.65. The van der Waals surface area contributed by atoms with Gasteiger partial charge in [-0.15, -0.1) is 11.8 Å². The fourth-order valence-corrected chi connectivity index (χ4v) is 1.54. The van der Waals surface area contributed by atoms with E-state index in [1.54, 1.807) is 6.26 Å². The number of aromatic hydroxyl groups is 1.